The van der Waals surface area contributed by atoms with E-state index in [4.69, 9.17) is 4.74 Å². The molecule has 0 spiro atoms. The van der Waals surface area contributed by atoms with Crippen LogP contribution in [0.1, 0.15) is 13.3 Å². The van der Waals surface area contributed by atoms with Crippen LogP contribution in [-0.4, -0.2) is 40.1 Å². The second kappa shape index (κ2) is 7.18. The van der Waals surface area contributed by atoms with E-state index in [1.165, 1.54) is 35.4 Å². The Balaban J connectivity index is 1.62. The molecule has 0 bridgehead atoms. The van der Waals surface area contributed by atoms with E-state index >= 15 is 0 Å². The van der Waals surface area contributed by atoms with E-state index in [0.717, 1.165) is 6.07 Å². The third-order valence-electron chi connectivity index (χ3n) is 4.40. The summed E-state index contributed by atoms with van der Waals surface area (Å²) in [4.78, 5) is 28.9. The Morgan fingerprint density at radius 3 is 2.70 bits per heavy atom. The highest BCUT2D eigenvalue weighted by Gasteiger charge is 2.42. The van der Waals surface area contributed by atoms with E-state index < -0.39 is 29.0 Å². The van der Waals surface area contributed by atoms with Crippen LogP contribution in [0, 0.1) is 17.0 Å². The van der Waals surface area contributed by atoms with E-state index in [1.807, 2.05) is 0 Å². The molecule has 0 aliphatic carbocycles. The highest BCUT2D eigenvalue weighted by Crippen LogP contribution is 2.30. The standard InChI is InChI=1S/C18H17F2N3O4/c1-18(16(24)25)7-8-23(10-18)17(26)22-11-5-6-14(21-9-11)27-13-4-2-3-12(19)15(13)20/h2-6,9H,7-8,10H2,1H3,(H,22,26)(H,24,25). The van der Waals surface area contributed by atoms with Crippen LogP contribution in [0.15, 0.2) is 36.5 Å². The minimum Gasteiger partial charge on any atom is -0.481 e. The number of pyridine rings is 1. The summed E-state index contributed by atoms with van der Waals surface area (Å²) in [6.07, 6.45) is 1.68. The maximum atomic E-state index is 13.6. The zero-order valence-electron chi connectivity index (χ0n) is 14.4. The van der Waals surface area contributed by atoms with Crippen LogP contribution < -0.4 is 10.1 Å². The van der Waals surface area contributed by atoms with Crippen molar-refractivity contribution in [2.24, 2.45) is 5.41 Å². The number of carbonyl (C=O) groups is 2. The molecule has 1 unspecified atom stereocenters. The zero-order valence-corrected chi connectivity index (χ0v) is 14.4. The molecule has 2 aromatic rings. The van der Waals surface area contributed by atoms with Crippen molar-refractivity contribution < 1.29 is 28.2 Å². The molecule has 27 heavy (non-hydrogen) atoms. The summed E-state index contributed by atoms with van der Waals surface area (Å²) in [5.74, 6) is -3.37. The molecule has 1 aliphatic heterocycles. The SMILES string of the molecule is CC1(C(=O)O)CCN(C(=O)Nc2ccc(Oc3cccc(F)c3F)nc2)C1. The molecule has 2 heterocycles. The first-order chi connectivity index (χ1) is 12.8. The average molecular weight is 377 g/mol. The lowest BCUT2D eigenvalue weighted by Gasteiger charge is -2.20. The van der Waals surface area contributed by atoms with E-state index in [0.29, 0.717) is 18.7 Å². The summed E-state index contributed by atoms with van der Waals surface area (Å²) in [6, 6.07) is 6.00. The van der Waals surface area contributed by atoms with Gasteiger partial charge in [0, 0.05) is 19.2 Å². The summed E-state index contributed by atoms with van der Waals surface area (Å²) in [5, 5.41) is 11.8. The fraction of sp³-hybridized carbons (Fsp3) is 0.278. The van der Waals surface area contributed by atoms with Gasteiger partial charge in [-0.3, -0.25) is 4.79 Å². The highest BCUT2D eigenvalue weighted by molar-refractivity contribution is 5.90. The lowest BCUT2D eigenvalue weighted by molar-refractivity contribution is -0.146. The largest absolute Gasteiger partial charge is 0.481 e. The number of aromatic nitrogens is 1. The molecule has 0 radical (unpaired) electrons. The number of amides is 2. The second-order valence-electron chi connectivity index (χ2n) is 6.51. The van der Waals surface area contributed by atoms with Crippen LogP contribution in [0.4, 0.5) is 19.3 Å². The summed E-state index contributed by atoms with van der Waals surface area (Å²) in [6.45, 7) is 2.05. The van der Waals surface area contributed by atoms with Gasteiger partial charge >= 0.3 is 12.0 Å². The molecular formula is C18H17F2N3O4. The lowest BCUT2D eigenvalue weighted by atomic mass is 9.90. The van der Waals surface area contributed by atoms with Crippen molar-refractivity contribution in [1.29, 1.82) is 0 Å². The third-order valence-corrected chi connectivity index (χ3v) is 4.40. The fourth-order valence-electron chi connectivity index (χ4n) is 2.70. The highest BCUT2D eigenvalue weighted by atomic mass is 19.2. The first-order valence-corrected chi connectivity index (χ1v) is 8.16. The van der Waals surface area contributed by atoms with Gasteiger partial charge in [-0.15, -0.1) is 0 Å². The molecule has 2 amide bonds. The number of urea groups is 1. The number of carbonyl (C=O) groups excluding carboxylic acids is 1. The van der Waals surface area contributed by atoms with Gasteiger partial charge in [-0.25, -0.2) is 14.2 Å². The number of carboxylic acid groups (broad SMARTS) is 1. The van der Waals surface area contributed by atoms with Crippen molar-refractivity contribution in [2.75, 3.05) is 18.4 Å². The minimum absolute atomic E-state index is 0.0251. The Hall–Kier alpha value is -3.23. The predicted molar refractivity (Wildman–Crippen MR) is 91.6 cm³/mol. The number of carboxylic acids is 1. The quantitative estimate of drug-likeness (QED) is 0.851. The second-order valence-corrected chi connectivity index (χ2v) is 6.51. The fourth-order valence-corrected chi connectivity index (χ4v) is 2.70. The first kappa shape index (κ1) is 18.6. The van der Waals surface area contributed by atoms with E-state index in [2.05, 4.69) is 10.3 Å². The number of hydrogen-bond acceptors (Lipinski definition) is 4. The number of hydrogen-bond donors (Lipinski definition) is 2. The normalized spacial score (nSPS) is 19.0. The molecule has 1 saturated heterocycles. The predicted octanol–water partition coefficient (Wildman–Crippen LogP) is 3.48. The van der Waals surface area contributed by atoms with Gasteiger partial charge in [0.05, 0.1) is 17.3 Å². The van der Waals surface area contributed by atoms with Crippen LogP contribution in [0.2, 0.25) is 0 Å². The number of benzene rings is 1. The van der Waals surface area contributed by atoms with Gasteiger partial charge in [0.1, 0.15) is 0 Å². The van der Waals surface area contributed by atoms with Crippen LogP contribution in [0.5, 0.6) is 11.6 Å². The minimum atomic E-state index is -1.12. The number of anilines is 1. The van der Waals surface area contributed by atoms with E-state index in [9.17, 15) is 23.5 Å². The van der Waals surface area contributed by atoms with Crippen molar-refractivity contribution >= 4 is 17.7 Å². The molecule has 1 aromatic carbocycles. The smallest absolute Gasteiger partial charge is 0.321 e. The van der Waals surface area contributed by atoms with Crippen LogP contribution >= 0.6 is 0 Å². The first-order valence-electron chi connectivity index (χ1n) is 8.16. The maximum absolute atomic E-state index is 13.6. The van der Waals surface area contributed by atoms with Crippen molar-refractivity contribution in [2.45, 2.75) is 13.3 Å². The molecular weight excluding hydrogens is 360 g/mol. The number of nitrogens with one attached hydrogen (secondary N) is 1. The van der Waals surface area contributed by atoms with E-state index in [1.54, 1.807) is 6.92 Å². The number of aliphatic carboxylic acids is 1. The molecule has 7 nitrogen and oxygen atoms in total. The molecule has 0 saturated carbocycles. The Morgan fingerprint density at radius 1 is 1.30 bits per heavy atom. The summed E-state index contributed by atoms with van der Waals surface area (Å²) in [7, 11) is 0. The van der Waals surface area contributed by atoms with Crippen molar-refractivity contribution in [3.63, 3.8) is 0 Å². The number of ether oxygens (including phenoxy) is 1. The molecule has 3 rings (SSSR count). The topological polar surface area (TPSA) is 91.8 Å². The maximum Gasteiger partial charge on any atom is 0.321 e. The van der Waals surface area contributed by atoms with Gasteiger partial charge in [0.15, 0.2) is 11.6 Å². The summed E-state index contributed by atoms with van der Waals surface area (Å²) < 4.78 is 32.0. The van der Waals surface area contributed by atoms with Gasteiger partial charge in [0.2, 0.25) is 11.7 Å². The Bertz CT molecular complexity index is 875. The zero-order chi connectivity index (χ0) is 19.6. The molecule has 9 heteroatoms. The van der Waals surface area contributed by atoms with Gasteiger partial charge < -0.3 is 20.1 Å². The Kier molecular flexibility index (Phi) is 4.93. The molecule has 2 N–H and O–H groups in total. The number of rotatable bonds is 4. The molecule has 142 valence electrons. The Morgan fingerprint density at radius 2 is 2.07 bits per heavy atom. The van der Waals surface area contributed by atoms with Crippen LogP contribution in [-0.2, 0) is 4.79 Å². The number of likely N-dealkylation sites (tertiary alicyclic amines) is 1. The van der Waals surface area contributed by atoms with Crippen LogP contribution in [0.25, 0.3) is 0 Å². The van der Waals surface area contributed by atoms with Crippen molar-refractivity contribution in [3.05, 3.63) is 48.2 Å². The third kappa shape index (κ3) is 3.97. The van der Waals surface area contributed by atoms with Crippen LogP contribution in [0.3, 0.4) is 0 Å². The Labute approximate surface area is 153 Å². The number of halogens is 2. The van der Waals surface area contributed by atoms with Gasteiger partial charge in [-0.1, -0.05) is 6.07 Å². The molecule has 1 aromatic heterocycles. The van der Waals surface area contributed by atoms with Crippen molar-refractivity contribution in [1.82, 2.24) is 9.88 Å². The molecule has 1 atom stereocenters. The average Bonchev–Trinajstić information content (AvgIpc) is 3.05. The molecule has 1 fully saturated rings. The lowest BCUT2D eigenvalue weighted by Crippen LogP contribution is -2.37. The number of nitrogens with zero attached hydrogens (tertiary/aromatic N) is 2. The summed E-state index contributed by atoms with van der Waals surface area (Å²) >= 11 is 0. The van der Waals surface area contributed by atoms with Gasteiger partial charge in [-0.2, -0.15) is 4.39 Å². The summed E-state index contributed by atoms with van der Waals surface area (Å²) in [5.41, 5.74) is -0.599. The van der Waals surface area contributed by atoms with Gasteiger partial charge in [-0.05, 0) is 31.5 Å². The van der Waals surface area contributed by atoms with E-state index in [-0.39, 0.29) is 18.2 Å². The van der Waals surface area contributed by atoms with Gasteiger partial charge in [0.25, 0.3) is 0 Å². The molecule has 1 aliphatic rings. The monoisotopic (exact) mass is 377 g/mol. The van der Waals surface area contributed by atoms with Crippen molar-refractivity contribution in [3.8, 4) is 11.6 Å².